The van der Waals surface area contributed by atoms with Gasteiger partial charge in [-0.25, -0.2) is 4.98 Å². The van der Waals surface area contributed by atoms with Crippen LogP contribution in [0.2, 0.25) is 0 Å². The van der Waals surface area contributed by atoms with E-state index in [4.69, 9.17) is 14.5 Å². The normalized spacial score (nSPS) is 11.1. The minimum absolute atomic E-state index is 0.850. The van der Waals surface area contributed by atoms with Gasteiger partial charge < -0.3 is 20.1 Å². The van der Waals surface area contributed by atoms with E-state index in [9.17, 15) is 0 Å². The maximum atomic E-state index is 5.31. The molecule has 5 aromatic rings. The van der Waals surface area contributed by atoms with E-state index in [0.29, 0.717) is 0 Å². The van der Waals surface area contributed by atoms with Crippen molar-refractivity contribution in [1.82, 2.24) is 10.3 Å². The molecule has 41 heavy (non-hydrogen) atoms. The summed E-state index contributed by atoms with van der Waals surface area (Å²) in [5, 5.41) is 8.32. The Morgan fingerprint density at radius 1 is 0.756 bits per heavy atom. The van der Waals surface area contributed by atoms with Gasteiger partial charge in [0.15, 0.2) is 0 Å². The first-order chi connectivity index (χ1) is 20.2. The Bertz CT molecular complexity index is 1490. The second kappa shape index (κ2) is 15.2. The Kier molecular flexibility index (Phi) is 10.9. The van der Waals surface area contributed by atoms with Crippen molar-refractivity contribution >= 4 is 50.8 Å². The SMILES string of the molecule is COc1ccc(CSCCNCCNc2cc(-c3nc4ccccc4s3)ccc2SCc2ccc(OC)cc2)cc1. The predicted octanol–water partition coefficient (Wildman–Crippen LogP) is 8.21. The molecule has 0 spiro atoms. The molecule has 1 aromatic heterocycles. The zero-order chi connectivity index (χ0) is 28.3. The van der Waals surface area contributed by atoms with Crippen molar-refractivity contribution in [1.29, 1.82) is 0 Å². The number of fused-ring (bicyclic) bond motifs is 1. The van der Waals surface area contributed by atoms with E-state index in [1.54, 1.807) is 25.6 Å². The summed E-state index contributed by atoms with van der Waals surface area (Å²) in [5.41, 5.74) is 5.94. The number of aromatic nitrogens is 1. The van der Waals surface area contributed by atoms with E-state index in [2.05, 4.69) is 71.3 Å². The van der Waals surface area contributed by atoms with Crippen molar-refractivity contribution in [3.8, 4) is 22.1 Å². The Labute approximate surface area is 255 Å². The lowest BCUT2D eigenvalue weighted by Gasteiger charge is -2.14. The summed E-state index contributed by atoms with van der Waals surface area (Å²) in [4.78, 5) is 6.12. The Balaban J connectivity index is 1.16. The Morgan fingerprint density at radius 3 is 2.17 bits per heavy atom. The first-order valence-electron chi connectivity index (χ1n) is 13.6. The number of methoxy groups -OCH3 is 2. The summed E-state index contributed by atoms with van der Waals surface area (Å²) in [5.74, 6) is 4.76. The van der Waals surface area contributed by atoms with Crippen molar-refractivity contribution < 1.29 is 9.47 Å². The van der Waals surface area contributed by atoms with Crippen LogP contribution in [0.4, 0.5) is 5.69 Å². The summed E-state index contributed by atoms with van der Waals surface area (Å²) in [6.07, 6.45) is 0. The third-order valence-electron chi connectivity index (χ3n) is 6.54. The highest BCUT2D eigenvalue weighted by molar-refractivity contribution is 7.98. The van der Waals surface area contributed by atoms with Gasteiger partial charge >= 0.3 is 0 Å². The molecule has 5 rings (SSSR count). The highest BCUT2D eigenvalue weighted by atomic mass is 32.2. The van der Waals surface area contributed by atoms with E-state index >= 15 is 0 Å². The topological polar surface area (TPSA) is 55.4 Å². The van der Waals surface area contributed by atoms with Crippen LogP contribution in [-0.2, 0) is 11.5 Å². The minimum Gasteiger partial charge on any atom is -0.497 e. The first kappa shape index (κ1) is 29.3. The number of rotatable bonds is 15. The van der Waals surface area contributed by atoms with Crippen molar-refractivity contribution in [3.63, 3.8) is 0 Å². The molecule has 5 nitrogen and oxygen atoms in total. The minimum atomic E-state index is 0.850. The third kappa shape index (κ3) is 8.42. The second-order valence-corrected chi connectivity index (χ2v) is 12.6. The molecule has 0 bridgehead atoms. The van der Waals surface area contributed by atoms with Crippen LogP contribution in [0.15, 0.2) is 95.9 Å². The molecule has 8 heteroatoms. The second-order valence-electron chi connectivity index (χ2n) is 9.41. The van der Waals surface area contributed by atoms with Gasteiger partial charge in [-0.1, -0.05) is 42.5 Å². The molecule has 212 valence electrons. The average Bonchev–Trinajstić information content (AvgIpc) is 3.46. The Hall–Kier alpha value is -3.17. The molecule has 2 N–H and O–H groups in total. The summed E-state index contributed by atoms with van der Waals surface area (Å²) < 4.78 is 11.8. The number of thiazole rings is 1. The zero-order valence-electron chi connectivity index (χ0n) is 23.4. The van der Waals surface area contributed by atoms with E-state index in [1.807, 2.05) is 53.9 Å². The number of nitrogens with zero attached hydrogens (tertiary/aromatic N) is 1. The smallest absolute Gasteiger partial charge is 0.124 e. The number of hydrogen-bond donors (Lipinski definition) is 2. The lowest BCUT2D eigenvalue weighted by atomic mass is 10.2. The van der Waals surface area contributed by atoms with Crippen LogP contribution in [0.25, 0.3) is 20.8 Å². The van der Waals surface area contributed by atoms with Crippen molar-refractivity contribution in [3.05, 3.63) is 102 Å². The molecule has 0 atom stereocenters. The standard InChI is InChI=1S/C33H35N3O2S3/c1-37-27-12-7-24(8-13-27)22-39-20-19-34-17-18-35-30-21-26(33-36-29-5-3-4-6-32(29)41-33)11-16-31(30)40-23-25-9-14-28(38-2)15-10-25/h3-16,21,34-35H,17-20,22-23H2,1-2H3. The molecule has 0 unspecified atom stereocenters. The molecule has 0 fully saturated rings. The molecule has 0 saturated heterocycles. The molecule has 0 aliphatic carbocycles. The first-order valence-corrected chi connectivity index (χ1v) is 16.6. The van der Waals surface area contributed by atoms with Crippen LogP contribution in [0, 0.1) is 0 Å². The van der Waals surface area contributed by atoms with Crippen LogP contribution in [0.5, 0.6) is 11.5 Å². The van der Waals surface area contributed by atoms with Gasteiger partial charge in [-0.05, 0) is 59.7 Å². The van der Waals surface area contributed by atoms with Crippen molar-refractivity contribution in [2.24, 2.45) is 0 Å². The highest BCUT2D eigenvalue weighted by Gasteiger charge is 2.11. The number of para-hydroxylation sites is 1. The summed E-state index contributed by atoms with van der Waals surface area (Å²) >= 11 is 5.53. The molecular formula is C33H35N3O2S3. The van der Waals surface area contributed by atoms with Crippen molar-refractivity contribution in [2.45, 2.75) is 16.4 Å². The molecule has 0 aliphatic heterocycles. The van der Waals surface area contributed by atoms with Gasteiger partial charge in [0.05, 0.1) is 24.4 Å². The largest absolute Gasteiger partial charge is 0.497 e. The number of hydrogen-bond acceptors (Lipinski definition) is 8. The lowest BCUT2D eigenvalue weighted by molar-refractivity contribution is 0.414. The van der Waals surface area contributed by atoms with Gasteiger partial charge in [-0.2, -0.15) is 11.8 Å². The fourth-order valence-electron chi connectivity index (χ4n) is 4.27. The molecule has 0 saturated carbocycles. The van der Waals surface area contributed by atoms with E-state index in [0.717, 1.165) is 70.2 Å². The quantitative estimate of drug-likeness (QED) is 0.0926. The number of ether oxygens (including phenoxy) is 2. The van der Waals surface area contributed by atoms with Gasteiger partial charge in [-0.3, -0.25) is 0 Å². The fraction of sp³-hybridized carbons (Fsp3) is 0.242. The number of nitrogens with one attached hydrogen (secondary N) is 2. The molecule has 4 aromatic carbocycles. The number of benzene rings is 4. The van der Waals surface area contributed by atoms with Crippen molar-refractivity contribution in [2.75, 3.05) is 44.9 Å². The van der Waals surface area contributed by atoms with Gasteiger partial charge in [0.25, 0.3) is 0 Å². The van der Waals surface area contributed by atoms with Crippen LogP contribution in [-0.4, -0.2) is 44.6 Å². The van der Waals surface area contributed by atoms with Gasteiger partial charge in [0.2, 0.25) is 0 Å². The van der Waals surface area contributed by atoms with Gasteiger partial charge in [-0.15, -0.1) is 23.1 Å². The molecule has 0 radical (unpaired) electrons. The molecular weight excluding hydrogens is 567 g/mol. The number of anilines is 1. The molecule has 0 amide bonds. The van der Waals surface area contributed by atoms with Gasteiger partial charge in [0, 0.05) is 53.0 Å². The van der Waals surface area contributed by atoms with Crippen LogP contribution < -0.4 is 20.1 Å². The molecule has 0 aliphatic rings. The zero-order valence-corrected chi connectivity index (χ0v) is 25.8. The predicted molar refractivity (Wildman–Crippen MR) is 178 cm³/mol. The summed E-state index contributed by atoms with van der Waals surface area (Å²) in [6.45, 7) is 2.73. The van der Waals surface area contributed by atoms with E-state index in [1.165, 1.54) is 20.7 Å². The summed E-state index contributed by atoms with van der Waals surface area (Å²) in [6, 6.07) is 31.6. The fourth-order valence-corrected chi connectivity index (χ4v) is 7.06. The van der Waals surface area contributed by atoms with E-state index in [-0.39, 0.29) is 0 Å². The lowest BCUT2D eigenvalue weighted by Crippen LogP contribution is -2.24. The molecule has 1 heterocycles. The third-order valence-corrected chi connectivity index (χ3v) is 9.80. The number of thioether (sulfide) groups is 2. The summed E-state index contributed by atoms with van der Waals surface area (Å²) in [7, 11) is 3.40. The highest BCUT2D eigenvalue weighted by Crippen LogP contribution is 2.36. The van der Waals surface area contributed by atoms with E-state index < -0.39 is 0 Å². The average molecular weight is 602 g/mol. The van der Waals surface area contributed by atoms with Crippen LogP contribution in [0.3, 0.4) is 0 Å². The maximum Gasteiger partial charge on any atom is 0.124 e. The Morgan fingerprint density at radius 2 is 1.46 bits per heavy atom. The van der Waals surface area contributed by atoms with Crippen LogP contribution in [0.1, 0.15) is 11.1 Å². The monoisotopic (exact) mass is 601 g/mol. The van der Waals surface area contributed by atoms with Gasteiger partial charge in [0.1, 0.15) is 16.5 Å². The van der Waals surface area contributed by atoms with Crippen LogP contribution >= 0.6 is 34.9 Å². The maximum absolute atomic E-state index is 5.31.